The number of benzene rings is 1. The van der Waals surface area contributed by atoms with Crippen molar-refractivity contribution in [2.75, 3.05) is 0 Å². The minimum Gasteiger partial charge on any atom is -0.441 e. The number of carbonyl (C=O) groups excluding carboxylic acids is 1. The van der Waals surface area contributed by atoms with Gasteiger partial charge in [0.15, 0.2) is 0 Å². The van der Waals surface area contributed by atoms with E-state index >= 15 is 0 Å². The fourth-order valence-electron chi connectivity index (χ4n) is 2.82. The molecule has 0 amide bonds. The number of rotatable bonds is 7. The number of halogens is 5. The van der Waals surface area contributed by atoms with Crippen molar-refractivity contribution in [2.24, 2.45) is 0 Å². The molecule has 0 aliphatic heterocycles. The number of hydrogen-bond donors (Lipinski definition) is 1. The molecule has 0 heterocycles. The monoisotopic (exact) mass is 460 g/mol. The van der Waals surface area contributed by atoms with E-state index in [1.165, 1.54) is 0 Å². The van der Waals surface area contributed by atoms with Gasteiger partial charge in [-0.05, 0) is 34.4 Å². The Morgan fingerprint density at radius 2 is 1.30 bits per heavy atom. The Labute approximate surface area is 172 Å². The standard InChI is InChI=1S/C19H25F5O5S/c1-9(2)12-7-13(10(3)4)15(14(8-12)11(5)6)16(25)29-17(18(20,21)22)19(23,24)30(26,27)28/h7-11,17H,1-6H3,(H,26,27,28). The predicted octanol–water partition coefficient (Wildman–Crippen LogP) is 5.63. The van der Waals surface area contributed by atoms with Gasteiger partial charge in [-0.3, -0.25) is 4.55 Å². The van der Waals surface area contributed by atoms with Gasteiger partial charge in [-0.15, -0.1) is 0 Å². The summed E-state index contributed by atoms with van der Waals surface area (Å²) in [6.07, 6.45) is -10.3. The molecule has 1 unspecified atom stereocenters. The van der Waals surface area contributed by atoms with Crippen LogP contribution in [0.15, 0.2) is 12.1 Å². The fraction of sp³-hybridized carbons (Fsp3) is 0.632. The molecule has 0 spiro atoms. The van der Waals surface area contributed by atoms with Gasteiger partial charge in [-0.25, -0.2) is 4.79 Å². The molecular formula is C19H25F5O5S. The zero-order valence-electron chi connectivity index (χ0n) is 17.3. The third kappa shape index (κ3) is 5.48. The zero-order valence-corrected chi connectivity index (χ0v) is 18.2. The molecule has 1 aromatic rings. The van der Waals surface area contributed by atoms with E-state index in [1.807, 2.05) is 13.8 Å². The van der Waals surface area contributed by atoms with Crippen LogP contribution in [0, 0.1) is 0 Å². The Bertz CT molecular complexity index is 860. The summed E-state index contributed by atoms with van der Waals surface area (Å²) in [7, 11) is -6.51. The molecular weight excluding hydrogens is 435 g/mol. The Morgan fingerprint density at radius 1 is 0.900 bits per heavy atom. The van der Waals surface area contributed by atoms with Crippen LogP contribution in [0.2, 0.25) is 0 Å². The van der Waals surface area contributed by atoms with Crippen LogP contribution in [0.25, 0.3) is 0 Å². The van der Waals surface area contributed by atoms with Crippen LogP contribution in [-0.4, -0.2) is 36.5 Å². The topological polar surface area (TPSA) is 80.7 Å². The summed E-state index contributed by atoms with van der Waals surface area (Å²) >= 11 is 0. The largest absolute Gasteiger partial charge is 0.441 e. The summed E-state index contributed by atoms with van der Waals surface area (Å²) in [5, 5.41) is -5.78. The molecule has 30 heavy (non-hydrogen) atoms. The van der Waals surface area contributed by atoms with Crippen molar-refractivity contribution in [3.8, 4) is 0 Å². The first kappa shape index (κ1) is 26.3. The summed E-state index contributed by atoms with van der Waals surface area (Å²) < 4.78 is 101. The highest BCUT2D eigenvalue weighted by molar-refractivity contribution is 7.86. The van der Waals surface area contributed by atoms with Crippen LogP contribution in [0.1, 0.15) is 86.3 Å². The Morgan fingerprint density at radius 3 is 1.57 bits per heavy atom. The summed E-state index contributed by atoms with van der Waals surface area (Å²) in [4.78, 5) is 12.7. The van der Waals surface area contributed by atoms with Gasteiger partial charge < -0.3 is 4.74 Å². The first-order valence-electron chi connectivity index (χ1n) is 9.12. The van der Waals surface area contributed by atoms with Crippen LogP contribution in [0.4, 0.5) is 22.0 Å². The molecule has 0 saturated heterocycles. The van der Waals surface area contributed by atoms with Crippen molar-refractivity contribution in [1.82, 2.24) is 0 Å². The first-order chi connectivity index (χ1) is 13.3. The summed E-state index contributed by atoms with van der Waals surface area (Å²) in [6, 6.07) is 3.17. The number of carbonyl (C=O) groups is 1. The maximum atomic E-state index is 13.8. The Balaban J connectivity index is 3.69. The molecule has 0 aliphatic rings. The number of ether oxygens (including phenoxy) is 1. The van der Waals surface area contributed by atoms with E-state index in [0.29, 0.717) is 0 Å². The van der Waals surface area contributed by atoms with Crippen LogP contribution in [-0.2, 0) is 14.9 Å². The molecule has 0 bridgehead atoms. The summed E-state index contributed by atoms with van der Waals surface area (Å²) in [5.41, 5.74) is 1.02. The van der Waals surface area contributed by atoms with Gasteiger partial charge in [-0.2, -0.15) is 30.4 Å². The Hall–Kier alpha value is -1.75. The van der Waals surface area contributed by atoms with E-state index in [1.54, 1.807) is 39.8 Å². The second kappa shape index (κ2) is 8.78. The second-order valence-electron chi connectivity index (χ2n) is 7.90. The van der Waals surface area contributed by atoms with E-state index in [4.69, 9.17) is 4.55 Å². The van der Waals surface area contributed by atoms with Crippen molar-refractivity contribution in [1.29, 1.82) is 0 Å². The minimum atomic E-state index is -6.51. The molecule has 0 radical (unpaired) electrons. The average Bonchev–Trinajstić information content (AvgIpc) is 2.55. The van der Waals surface area contributed by atoms with Crippen molar-refractivity contribution in [3.63, 3.8) is 0 Å². The predicted molar refractivity (Wildman–Crippen MR) is 100 cm³/mol. The molecule has 1 rings (SSSR count). The quantitative estimate of drug-likeness (QED) is 0.324. The maximum absolute atomic E-state index is 13.8. The van der Waals surface area contributed by atoms with E-state index in [0.717, 1.165) is 5.56 Å². The van der Waals surface area contributed by atoms with Crippen molar-refractivity contribution in [2.45, 2.75) is 76.8 Å². The lowest BCUT2D eigenvalue weighted by Gasteiger charge is -2.28. The second-order valence-corrected chi connectivity index (χ2v) is 9.40. The molecule has 1 N–H and O–H groups in total. The van der Waals surface area contributed by atoms with E-state index in [9.17, 15) is 35.2 Å². The first-order valence-corrected chi connectivity index (χ1v) is 10.6. The van der Waals surface area contributed by atoms with Gasteiger partial charge in [0.05, 0.1) is 5.56 Å². The van der Waals surface area contributed by atoms with Crippen molar-refractivity contribution in [3.05, 3.63) is 34.4 Å². The minimum absolute atomic E-state index is 0.0110. The molecule has 172 valence electrons. The van der Waals surface area contributed by atoms with Gasteiger partial charge in [0.2, 0.25) is 0 Å². The van der Waals surface area contributed by atoms with E-state index in [2.05, 4.69) is 4.74 Å². The zero-order chi connectivity index (χ0) is 23.8. The van der Waals surface area contributed by atoms with Crippen LogP contribution in [0.5, 0.6) is 0 Å². The smallest absolute Gasteiger partial charge is 0.432 e. The van der Waals surface area contributed by atoms with Crippen molar-refractivity contribution >= 4 is 16.1 Å². The molecule has 5 nitrogen and oxygen atoms in total. The van der Waals surface area contributed by atoms with Gasteiger partial charge in [0.25, 0.3) is 6.10 Å². The normalized spacial score (nSPS) is 14.5. The summed E-state index contributed by atoms with van der Waals surface area (Å²) in [5.74, 6) is -2.49. The van der Waals surface area contributed by atoms with Crippen LogP contribution in [0.3, 0.4) is 0 Å². The van der Waals surface area contributed by atoms with E-state index in [-0.39, 0.29) is 34.4 Å². The lowest BCUT2D eigenvalue weighted by molar-refractivity contribution is -0.248. The Kier molecular flexibility index (Phi) is 7.69. The highest BCUT2D eigenvalue weighted by atomic mass is 32.2. The highest BCUT2D eigenvalue weighted by Gasteiger charge is 2.66. The SMILES string of the molecule is CC(C)c1cc(C(C)C)c(C(=O)OC(C(F)(F)F)C(F)(F)S(=O)(=O)O)c(C(C)C)c1. The molecule has 0 fully saturated rings. The summed E-state index contributed by atoms with van der Waals surface area (Å²) in [6.45, 7) is 10.4. The maximum Gasteiger partial charge on any atom is 0.432 e. The van der Waals surface area contributed by atoms with Crippen molar-refractivity contribution < 1.29 is 44.5 Å². The fourth-order valence-corrected chi connectivity index (χ4v) is 3.27. The lowest BCUT2D eigenvalue weighted by Crippen LogP contribution is -2.52. The number of esters is 1. The molecule has 1 atom stereocenters. The number of alkyl halides is 5. The van der Waals surface area contributed by atoms with Crippen LogP contribution < -0.4 is 0 Å². The number of hydrogen-bond acceptors (Lipinski definition) is 4. The molecule has 0 saturated carbocycles. The lowest BCUT2D eigenvalue weighted by atomic mass is 9.84. The van der Waals surface area contributed by atoms with Crippen LogP contribution >= 0.6 is 0 Å². The third-order valence-corrected chi connectivity index (χ3v) is 5.41. The molecule has 1 aromatic carbocycles. The van der Waals surface area contributed by atoms with Gasteiger partial charge >= 0.3 is 27.5 Å². The van der Waals surface area contributed by atoms with Gasteiger partial charge in [-0.1, -0.05) is 53.7 Å². The molecule has 0 aromatic heterocycles. The van der Waals surface area contributed by atoms with Gasteiger partial charge in [0, 0.05) is 0 Å². The van der Waals surface area contributed by atoms with Gasteiger partial charge in [0.1, 0.15) is 0 Å². The average molecular weight is 460 g/mol. The molecule has 11 heteroatoms. The van der Waals surface area contributed by atoms with E-state index < -0.39 is 33.6 Å². The molecule has 0 aliphatic carbocycles. The highest BCUT2D eigenvalue weighted by Crippen LogP contribution is 2.40. The third-order valence-electron chi connectivity index (χ3n) is 4.51.